The van der Waals surface area contributed by atoms with E-state index in [-0.39, 0.29) is 41.8 Å². The first-order valence-corrected chi connectivity index (χ1v) is 23.0. The van der Waals surface area contributed by atoms with Crippen molar-refractivity contribution >= 4 is 86.4 Å². The summed E-state index contributed by atoms with van der Waals surface area (Å²) >= 11 is 1.54. The minimum Gasteiger partial charge on any atom is -0.470 e. The molecule has 65 heavy (non-hydrogen) atoms. The zero-order valence-electron chi connectivity index (χ0n) is 37.1. The molecule has 1 saturated heterocycles. The molecule has 1 amide bonds. The molecule has 3 heterocycles. The predicted molar refractivity (Wildman–Crippen MR) is 223 cm³/mol. The molecule has 25 nitrogen and oxygen atoms in total. The first kappa shape index (κ1) is 53.9. The third kappa shape index (κ3) is 18.5. The second kappa shape index (κ2) is 24.7. The van der Waals surface area contributed by atoms with Crippen molar-refractivity contribution in [1.29, 1.82) is 0 Å². The molecule has 6 atom stereocenters. The zero-order valence-corrected chi connectivity index (χ0v) is 39.6. The lowest BCUT2D eigenvalue weighted by Crippen LogP contribution is -2.44. The van der Waals surface area contributed by atoms with E-state index in [0.717, 1.165) is 46.3 Å². The zero-order chi connectivity index (χ0) is 48.6. The van der Waals surface area contributed by atoms with Gasteiger partial charge < -0.3 is 48.1 Å². The van der Waals surface area contributed by atoms with Gasteiger partial charge in [0.2, 0.25) is 5.82 Å². The van der Waals surface area contributed by atoms with Crippen LogP contribution in [-0.4, -0.2) is 156 Å². The van der Waals surface area contributed by atoms with Crippen LogP contribution in [0.15, 0.2) is 4.34 Å². The summed E-state index contributed by atoms with van der Waals surface area (Å²) in [6, 6.07) is 0. The first-order valence-electron chi connectivity index (χ1n) is 20.0. The van der Waals surface area contributed by atoms with Gasteiger partial charge in [-0.15, -0.1) is 14.6 Å². The standard InChI is InChI=1S/C37H53N7O18S3/c1-19(45)16-26-39-40-36(63-26)65(53,54)43-30(48)20(2)58-33(50)22(4)60-35(52)24(6)61-34(51)23(5)59-32(49)21(3)57-27(46)10-11-28(47)62-25(17-38-37(7,8)9)18-56-31-29(41-64-42-31)44-12-14-55-15-13-44/h20-25,38H,10-18H2,1-9H3,(H,43,48). The van der Waals surface area contributed by atoms with Crippen LogP contribution in [0.3, 0.4) is 0 Å². The molecule has 1 aliphatic heterocycles. The average Bonchev–Trinajstić information content (AvgIpc) is 3.91. The Hall–Kier alpha value is -5.45. The lowest BCUT2D eigenvalue weighted by molar-refractivity contribution is -0.185. The van der Waals surface area contributed by atoms with Gasteiger partial charge in [0, 0.05) is 25.2 Å². The van der Waals surface area contributed by atoms with Crippen LogP contribution in [0.5, 0.6) is 5.88 Å². The quantitative estimate of drug-likeness (QED) is 0.103. The van der Waals surface area contributed by atoms with Crippen molar-refractivity contribution in [2.75, 3.05) is 44.4 Å². The fourth-order valence-corrected chi connectivity index (χ4v) is 7.56. The maximum atomic E-state index is 12.8. The number of anilines is 1. The minimum absolute atomic E-state index is 0.0705. The number of sulfonamides is 1. The number of nitrogens with zero attached hydrogens (tertiary/aromatic N) is 5. The number of ether oxygens (including phenoxy) is 8. The number of nitrogens with one attached hydrogen (secondary N) is 2. The van der Waals surface area contributed by atoms with E-state index in [9.17, 15) is 46.8 Å². The van der Waals surface area contributed by atoms with Crippen molar-refractivity contribution in [2.24, 2.45) is 0 Å². The summed E-state index contributed by atoms with van der Waals surface area (Å²) in [5.41, 5.74) is -0.329. The van der Waals surface area contributed by atoms with Crippen LogP contribution in [-0.2, 0) is 88.0 Å². The van der Waals surface area contributed by atoms with Crippen LogP contribution in [0.1, 0.15) is 80.2 Å². The molecule has 6 unspecified atom stereocenters. The fourth-order valence-electron chi connectivity index (χ4n) is 4.88. The molecule has 0 aliphatic carbocycles. The van der Waals surface area contributed by atoms with Crippen LogP contribution in [0.2, 0.25) is 0 Å². The number of morpholine rings is 1. The molecule has 0 bridgehead atoms. The summed E-state index contributed by atoms with van der Waals surface area (Å²) in [5, 5.41) is 10.4. The highest BCUT2D eigenvalue weighted by atomic mass is 32.2. The number of rotatable bonds is 24. The Morgan fingerprint density at radius 2 is 1.25 bits per heavy atom. The fraction of sp³-hybridized carbons (Fsp3) is 0.676. The Labute approximate surface area is 382 Å². The summed E-state index contributed by atoms with van der Waals surface area (Å²) in [6.07, 6.45) is -10.0. The van der Waals surface area contributed by atoms with Gasteiger partial charge in [-0.05, 0) is 62.3 Å². The second-order valence-electron chi connectivity index (χ2n) is 15.3. The highest BCUT2D eigenvalue weighted by molar-refractivity contribution is 7.92. The van der Waals surface area contributed by atoms with E-state index in [1.165, 1.54) is 6.92 Å². The van der Waals surface area contributed by atoms with E-state index in [1.807, 2.05) is 25.7 Å². The normalized spacial score (nSPS) is 15.7. The predicted octanol–water partition coefficient (Wildman–Crippen LogP) is -0.0198. The minimum atomic E-state index is -4.54. The van der Waals surface area contributed by atoms with Crippen LogP contribution in [0.25, 0.3) is 0 Å². The van der Waals surface area contributed by atoms with E-state index >= 15 is 0 Å². The first-order chi connectivity index (χ1) is 30.3. The van der Waals surface area contributed by atoms with E-state index in [4.69, 9.17) is 37.9 Å². The smallest absolute Gasteiger partial charge is 0.347 e. The highest BCUT2D eigenvalue weighted by Crippen LogP contribution is 2.26. The van der Waals surface area contributed by atoms with Gasteiger partial charge in [0.25, 0.3) is 26.2 Å². The number of carbonyl (C=O) groups is 8. The molecule has 0 radical (unpaired) electrons. The van der Waals surface area contributed by atoms with Crippen molar-refractivity contribution in [2.45, 2.75) is 128 Å². The summed E-state index contributed by atoms with van der Waals surface area (Å²) in [6.45, 7) is 14.9. The molecule has 3 rings (SSSR count). The van der Waals surface area contributed by atoms with E-state index in [2.05, 4.69) is 24.3 Å². The van der Waals surface area contributed by atoms with Crippen molar-refractivity contribution in [1.82, 2.24) is 29.0 Å². The van der Waals surface area contributed by atoms with Crippen LogP contribution < -0.4 is 19.7 Å². The third-order valence-corrected chi connectivity index (χ3v) is 11.5. The number of aromatic nitrogens is 4. The Balaban J connectivity index is 1.40. The molecule has 0 spiro atoms. The topological polar surface area (TPSA) is 323 Å². The van der Waals surface area contributed by atoms with Gasteiger partial charge in [-0.25, -0.2) is 23.9 Å². The summed E-state index contributed by atoms with van der Waals surface area (Å²) in [7, 11) is -4.54. The molecule has 1 fully saturated rings. The van der Waals surface area contributed by atoms with Crippen molar-refractivity contribution in [3.63, 3.8) is 0 Å². The SMILES string of the molecule is CC(=O)Cc1nnc(S(=O)(=O)NC(=O)C(C)OC(=O)C(C)OC(=O)C(C)OC(=O)C(C)OC(=O)C(C)OC(=O)CCC(=O)OC(CNC(C)(C)C)COc2nsnc2N2CCOCC2)s1. The molecule has 362 valence electrons. The van der Waals surface area contributed by atoms with Crippen molar-refractivity contribution in [3.05, 3.63) is 5.01 Å². The summed E-state index contributed by atoms with van der Waals surface area (Å²) in [4.78, 5) is 101. The van der Waals surface area contributed by atoms with Crippen LogP contribution in [0.4, 0.5) is 5.82 Å². The summed E-state index contributed by atoms with van der Waals surface area (Å²) in [5.74, 6) is -7.35. The molecule has 0 aromatic carbocycles. The van der Waals surface area contributed by atoms with Gasteiger partial charge in [-0.3, -0.25) is 19.2 Å². The Kier molecular flexibility index (Phi) is 20.5. The lowest BCUT2D eigenvalue weighted by atomic mass is 10.1. The van der Waals surface area contributed by atoms with Gasteiger partial charge >= 0.3 is 35.8 Å². The van der Waals surface area contributed by atoms with Crippen LogP contribution in [0, 0.1) is 0 Å². The van der Waals surface area contributed by atoms with Crippen LogP contribution >= 0.6 is 23.1 Å². The van der Waals surface area contributed by atoms with Crippen molar-refractivity contribution < 1.29 is 84.7 Å². The van der Waals surface area contributed by atoms with Gasteiger partial charge in [-0.2, -0.15) is 12.8 Å². The van der Waals surface area contributed by atoms with Gasteiger partial charge in [0.1, 0.15) is 23.5 Å². The third-order valence-electron chi connectivity index (χ3n) is 8.34. The number of ketones is 1. The molecular weight excluding hydrogens is 927 g/mol. The average molecular weight is 980 g/mol. The molecule has 2 aromatic heterocycles. The molecule has 2 aromatic rings. The van der Waals surface area contributed by atoms with Gasteiger partial charge in [0.15, 0.2) is 30.5 Å². The second-order valence-corrected chi connectivity index (χ2v) is 18.8. The summed E-state index contributed by atoms with van der Waals surface area (Å²) < 4.78 is 76.4. The number of hydrogen-bond donors (Lipinski definition) is 2. The number of Topliss-reactive ketones (excluding diaryl/α,β-unsaturated/α-hetero) is 1. The largest absolute Gasteiger partial charge is 0.470 e. The number of esters is 6. The maximum absolute atomic E-state index is 12.8. The molecular formula is C37H53N7O18S3. The van der Waals surface area contributed by atoms with Crippen molar-refractivity contribution in [3.8, 4) is 5.88 Å². The molecule has 0 saturated carbocycles. The number of hydrogen-bond acceptors (Lipinski definition) is 26. The lowest BCUT2D eigenvalue weighted by Gasteiger charge is -2.27. The molecule has 1 aliphatic rings. The monoisotopic (exact) mass is 979 g/mol. The number of amides is 1. The Morgan fingerprint density at radius 3 is 1.77 bits per heavy atom. The van der Waals surface area contributed by atoms with E-state index in [0.29, 0.717) is 43.5 Å². The molecule has 28 heteroatoms. The van der Waals surface area contributed by atoms with E-state index < -0.39 is 106 Å². The maximum Gasteiger partial charge on any atom is 0.347 e. The van der Waals surface area contributed by atoms with Gasteiger partial charge in [0.05, 0.1) is 44.2 Å². The Bertz CT molecular complexity index is 2120. The highest BCUT2D eigenvalue weighted by Gasteiger charge is 2.33. The Morgan fingerprint density at radius 1 is 0.738 bits per heavy atom. The molecule has 2 N–H and O–H groups in total. The number of carbonyl (C=O) groups excluding carboxylic acids is 8. The van der Waals surface area contributed by atoms with Gasteiger partial charge in [-0.1, -0.05) is 11.3 Å². The van der Waals surface area contributed by atoms with E-state index in [1.54, 1.807) is 4.72 Å².